The number of imidazole rings is 1. The second kappa shape index (κ2) is 4.28. The molecular formula is C12H14N6O5. The predicted octanol–water partition coefficient (Wildman–Crippen LogP) is -2.84. The Kier molecular flexibility index (Phi) is 2.63. The quantitative estimate of drug-likeness (QED) is 0.460. The molecule has 2 aromatic rings. The van der Waals surface area contributed by atoms with Crippen LogP contribution in [0.15, 0.2) is 11.1 Å². The highest BCUT2D eigenvalue weighted by atomic mass is 16.6. The lowest BCUT2D eigenvalue weighted by Crippen LogP contribution is -2.51. The number of likely N-dealkylation sites (N-methyl/N-ethyl adjacent to an activating group) is 1. The van der Waals surface area contributed by atoms with E-state index in [-0.39, 0.29) is 17.1 Å². The Morgan fingerprint density at radius 1 is 1.52 bits per heavy atom. The summed E-state index contributed by atoms with van der Waals surface area (Å²) in [6.45, 7) is -0.660. The van der Waals surface area contributed by atoms with E-state index in [2.05, 4.69) is 15.0 Å². The van der Waals surface area contributed by atoms with E-state index in [4.69, 9.17) is 10.5 Å². The number of nitrogens with two attached hydrogens (primary N) is 1. The minimum Gasteiger partial charge on any atom is -0.393 e. The molecule has 0 radical (unpaired) electrons. The van der Waals surface area contributed by atoms with Crippen LogP contribution in [0.5, 0.6) is 0 Å². The number of carbonyl (C=O) groups excluding carboxylic acids is 1. The molecule has 2 aliphatic heterocycles. The van der Waals surface area contributed by atoms with Gasteiger partial charge in [-0.1, -0.05) is 0 Å². The highest BCUT2D eigenvalue weighted by Gasteiger charge is 2.68. The first kappa shape index (κ1) is 14.1. The molecule has 0 aromatic carbocycles. The van der Waals surface area contributed by atoms with Crippen LogP contribution in [0.2, 0.25) is 0 Å². The van der Waals surface area contributed by atoms with E-state index in [1.54, 1.807) is 0 Å². The fourth-order valence-electron chi connectivity index (χ4n) is 3.35. The molecule has 23 heavy (non-hydrogen) atoms. The number of aliphatic hydroxyl groups excluding tert-OH is 2. The van der Waals surface area contributed by atoms with Crippen molar-refractivity contribution in [1.82, 2.24) is 24.4 Å². The second-order valence-corrected chi connectivity index (χ2v) is 5.68. The Balaban J connectivity index is 1.88. The van der Waals surface area contributed by atoms with Crippen LogP contribution in [-0.4, -0.2) is 71.9 Å². The van der Waals surface area contributed by atoms with Crippen LogP contribution in [0.3, 0.4) is 0 Å². The van der Waals surface area contributed by atoms with Crippen molar-refractivity contribution in [3.63, 3.8) is 0 Å². The lowest BCUT2D eigenvalue weighted by Gasteiger charge is -2.33. The number of carbonyl (C=O) groups is 1. The van der Waals surface area contributed by atoms with Crippen molar-refractivity contribution in [2.45, 2.75) is 24.0 Å². The lowest BCUT2D eigenvalue weighted by atomic mass is 10.00. The fraction of sp³-hybridized carbons (Fsp3) is 0.500. The van der Waals surface area contributed by atoms with Gasteiger partial charge in [0.1, 0.15) is 12.1 Å². The molecule has 4 heterocycles. The number of rotatable bonds is 2. The van der Waals surface area contributed by atoms with E-state index in [1.165, 1.54) is 22.8 Å². The summed E-state index contributed by atoms with van der Waals surface area (Å²) >= 11 is 0. The minimum atomic E-state index is -1.71. The van der Waals surface area contributed by atoms with Crippen LogP contribution < -0.4 is 11.3 Å². The van der Waals surface area contributed by atoms with Gasteiger partial charge in [-0.05, 0) is 0 Å². The van der Waals surface area contributed by atoms with E-state index in [1.807, 2.05) is 0 Å². The van der Waals surface area contributed by atoms with Crippen molar-refractivity contribution >= 4 is 23.0 Å². The summed E-state index contributed by atoms with van der Waals surface area (Å²) in [5.41, 5.74) is 3.57. The number of H-pyrrole nitrogens is 1. The van der Waals surface area contributed by atoms with Crippen molar-refractivity contribution in [3.05, 3.63) is 16.7 Å². The molecule has 2 bridgehead atoms. The van der Waals surface area contributed by atoms with Crippen LogP contribution in [0.25, 0.3) is 11.2 Å². The Bertz CT molecular complexity index is 876. The number of morpholine rings is 1. The number of ether oxygens (including phenoxy) is 1. The molecular weight excluding hydrogens is 308 g/mol. The third-order valence-corrected chi connectivity index (χ3v) is 4.51. The summed E-state index contributed by atoms with van der Waals surface area (Å²) in [6.07, 6.45) is -0.737. The molecule has 2 fully saturated rings. The molecule has 122 valence electrons. The van der Waals surface area contributed by atoms with Gasteiger partial charge < -0.3 is 25.6 Å². The smallest absolute Gasteiger partial charge is 0.280 e. The second-order valence-electron chi connectivity index (χ2n) is 5.68. The lowest BCUT2D eigenvalue weighted by molar-refractivity contribution is -0.181. The molecule has 0 saturated carbocycles. The van der Waals surface area contributed by atoms with Crippen LogP contribution in [0, 0.1) is 0 Å². The van der Waals surface area contributed by atoms with Gasteiger partial charge in [-0.3, -0.25) is 19.1 Å². The summed E-state index contributed by atoms with van der Waals surface area (Å²) in [5.74, 6) is -0.585. The number of aliphatic hydroxyl groups is 2. The molecule has 2 aliphatic rings. The van der Waals surface area contributed by atoms with Crippen LogP contribution in [0.4, 0.5) is 5.95 Å². The zero-order valence-corrected chi connectivity index (χ0v) is 12.0. The SMILES string of the molecule is CN1C(=O)[C@@]2(CO)O[C@@H](n3cnc4c(=O)[nH]c(N)nc43)C1C2O. The number of nitrogen functional groups attached to an aromatic ring is 1. The number of hydrogen-bond donors (Lipinski definition) is 4. The van der Waals surface area contributed by atoms with Crippen molar-refractivity contribution in [2.24, 2.45) is 0 Å². The number of nitrogens with zero attached hydrogens (tertiary/aromatic N) is 4. The van der Waals surface area contributed by atoms with Crippen molar-refractivity contribution in [2.75, 3.05) is 19.4 Å². The summed E-state index contributed by atoms with van der Waals surface area (Å²) in [6, 6.07) is -0.741. The van der Waals surface area contributed by atoms with Gasteiger partial charge in [-0.15, -0.1) is 0 Å². The number of likely N-dealkylation sites (tertiary alicyclic amines) is 1. The molecule has 2 saturated heterocycles. The molecule has 4 atom stereocenters. The maximum absolute atomic E-state index is 12.2. The van der Waals surface area contributed by atoms with Crippen LogP contribution in [0.1, 0.15) is 6.23 Å². The predicted molar refractivity (Wildman–Crippen MR) is 75.1 cm³/mol. The summed E-state index contributed by atoms with van der Waals surface area (Å²) in [5, 5.41) is 19.9. The van der Waals surface area contributed by atoms with Gasteiger partial charge in [0.2, 0.25) is 5.95 Å². The number of aromatic amines is 1. The zero-order chi connectivity index (χ0) is 16.5. The van der Waals surface area contributed by atoms with Gasteiger partial charge in [0.25, 0.3) is 11.5 Å². The Hall–Kier alpha value is -2.50. The van der Waals surface area contributed by atoms with Gasteiger partial charge in [0.15, 0.2) is 23.0 Å². The summed E-state index contributed by atoms with van der Waals surface area (Å²) in [7, 11) is 1.51. The molecule has 11 nitrogen and oxygen atoms in total. The molecule has 0 aliphatic carbocycles. The molecule has 2 unspecified atom stereocenters. The third kappa shape index (κ3) is 1.53. The number of aromatic nitrogens is 4. The van der Waals surface area contributed by atoms with Crippen LogP contribution in [-0.2, 0) is 9.53 Å². The number of anilines is 1. The molecule has 1 amide bonds. The van der Waals surface area contributed by atoms with Gasteiger partial charge in [0, 0.05) is 7.05 Å². The third-order valence-electron chi connectivity index (χ3n) is 4.51. The topological polar surface area (TPSA) is 160 Å². The molecule has 5 N–H and O–H groups in total. The molecule has 4 rings (SSSR count). The van der Waals surface area contributed by atoms with Crippen molar-refractivity contribution in [3.8, 4) is 0 Å². The maximum Gasteiger partial charge on any atom is 0.280 e. The van der Waals surface area contributed by atoms with E-state index >= 15 is 0 Å². The van der Waals surface area contributed by atoms with E-state index in [0.717, 1.165) is 0 Å². The fourth-order valence-corrected chi connectivity index (χ4v) is 3.35. The average molecular weight is 322 g/mol. The minimum absolute atomic E-state index is 0.0621. The van der Waals surface area contributed by atoms with Gasteiger partial charge in [-0.25, -0.2) is 4.98 Å². The highest BCUT2D eigenvalue weighted by Crippen LogP contribution is 2.46. The van der Waals surface area contributed by atoms with E-state index in [0.29, 0.717) is 0 Å². The largest absolute Gasteiger partial charge is 0.393 e. The van der Waals surface area contributed by atoms with E-state index in [9.17, 15) is 19.8 Å². The first-order valence-electron chi connectivity index (χ1n) is 6.87. The Morgan fingerprint density at radius 3 is 2.91 bits per heavy atom. The first-order valence-corrected chi connectivity index (χ1v) is 6.87. The summed E-state index contributed by atoms with van der Waals surface area (Å²) in [4.78, 5) is 35.7. The number of hydrogen-bond acceptors (Lipinski definition) is 8. The first-order chi connectivity index (χ1) is 10.9. The molecule has 11 heteroatoms. The average Bonchev–Trinajstić information content (AvgIpc) is 3.10. The normalized spacial score (nSPS) is 33.1. The van der Waals surface area contributed by atoms with E-state index < -0.39 is 42.0 Å². The molecule has 0 spiro atoms. The van der Waals surface area contributed by atoms with Crippen molar-refractivity contribution in [1.29, 1.82) is 0 Å². The standard InChI is InChI=1S/C12H14N6O5/c1-17-5-6(20)12(2-19,10(17)22)23-9(5)18-3-14-4-7(18)15-11(13)16-8(4)21/h3,5-6,9,19-20H,2H2,1H3,(H3,13,15,16,21)/t5?,6?,9-,12+/m1/s1. The van der Waals surface area contributed by atoms with Gasteiger partial charge in [-0.2, -0.15) is 4.98 Å². The zero-order valence-electron chi connectivity index (χ0n) is 12.0. The Labute approximate surface area is 128 Å². The van der Waals surface area contributed by atoms with Crippen molar-refractivity contribution < 1.29 is 19.7 Å². The maximum atomic E-state index is 12.2. The summed E-state index contributed by atoms with van der Waals surface area (Å²) < 4.78 is 7.09. The number of amides is 1. The molecule has 2 aromatic heterocycles. The van der Waals surface area contributed by atoms with Gasteiger partial charge >= 0.3 is 0 Å². The number of fused-ring (bicyclic) bond motifs is 3. The number of nitrogens with one attached hydrogen (secondary N) is 1. The Morgan fingerprint density at radius 2 is 2.26 bits per heavy atom. The monoisotopic (exact) mass is 322 g/mol. The van der Waals surface area contributed by atoms with Gasteiger partial charge in [0.05, 0.1) is 12.9 Å². The highest BCUT2D eigenvalue weighted by molar-refractivity contribution is 5.90. The van der Waals surface area contributed by atoms with Crippen LogP contribution >= 0.6 is 0 Å².